The molecule has 0 radical (unpaired) electrons. The SMILES string of the molecule is O=C(NCC1(CO)CCCC1)c1[nH]c(C[NH+]2CCC(F)(F)CC2)[n+]2ccccc12.O=C([O-])C(F)(F)F.O=C([O-])C(F)(F)F. The van der Waals surface area contributed by atoms with Crippen molar-refractivity contribution >= 4 is 23.4 Å². The fourth-order valence-electron chi connectivity index (χ4n) is 4.71. The van der Waals surface area contributed by atoms with Crippen LogP contribution in [0.15, 0.2) is 24.4 Å². The number of imidazole rings is 1. The van der Waals surface area contributed by atoms with E-state index in [0.717, 1.165) is 41.9 Å². The second-order valence-electron chi connectivity index (χ2n) is 10.3. The van der Waals surface area contributed by atoms with Crippen molar-refractivity contribution in [2.24, 2.45) is 5.41 Å². The average molecular weight is 635 g/mol. The number of carbonyl (C=O) groups excluding carboxylic acids is 3. The van der Waals surface area contributed by atoms with Gasteiger partial charge in [-0.1, -0.05) is 18.9 Å². The van der Waals surface area contributed by atoms with E-state index in [2.05, 4.69) is 10.3 Å². The molecule has 1 amide bonds. The molecule has 0 atom stereocenters. The zero-order valence-electron chi connectivity index (χ0n) is 22.5. The molecule has 0 unspecified atom stereocenters. The Bertz CT molecular complexity index is 1220. The number of nitrogens with one attached hydrogen (secondary N) is 3. The molecule has 2 aromatic rings. The summed E-state index contributed by atoms with van der Waals surface area (Å²) < 4.78 is 91.9. The summed E-state index contributed by atoms with van der Waals surface area (Å²) in [6.07, 6.45) is -4.66. The van der Waals surface area contributed by atoms with Gasteiger partial charge in [0.05, 0.1) is 38.7 Å². The van der Waals surface area contributed by atoms with E-state index in [-0.39, 0.29) is 30.8 Å². The summed E-state index contributed by atoms with van der Waals surface area (Å²) in [4.78, 5) is 34.8. The molecule has 18 heteroatoms. The van der Waals surface area contributed by atoms with Crippen molar-refractivity contribution in [2.75, 3.05) is 26.2 Å². The number of alkyl halides is 8. The molecule has 1 aliphatic heterocycles. The summed E-state index contributed by atoms with van der Waals surface area (Å²) in [6.45, 7) is 1.95. The number of pyridine rings is 1. The Morgan fingerprint density at radius 3 is 1.93 bits per heavy atom. The third-order valence-corrected chi connectivity index (χ3v) is 7.10. The van der Waals surface area contributed by atoms with Gasteiger partial charge in [0.25, 0.3) is 11.8 Å². The molecule has 0 spiro atoms. The number of carbonyl (C=O) groups is 3. The molecule has 43 heavy (non-hydrogen) atoms. The highest BCUT2D eigenvalue weighted by atomic mass is 19.4. The molecule has 2 aliphatic rings. The Kier molecular flexibility index (Phi) is 11.8. The first-order valence-corrected chi connectivity index (χ1v) is 13.0. The monoisotopic (exact) mass is 634 g/mol. The van der Waals surface area contributed by atoms with Crippen LogP contribution in [0.1, 0.15) is 54.8 Å². The molecular weight excluding hydrogens is 604 g/mol. The van der Waals surface area contributed by atoms with Crippen molar-refractivity contribution in [3.8, 4) is 0 Å². The van der Waals surface area contributed by atoms with Crippen LogP contribution in [0.2, 0.25) is 0 Å². The summed E-state index contributed by atoms with van der Waals surface area (Å²) in [5.74, 6) is -7.92. The summed E-state index contributed by atoms with van der Waals surface area (Å²) in [7, 11) is 0. The lowest BCUT2D eigenvalue weighted by molar-refractivity contribution is -0.927. The zero-order valence-corrected chi connectivity index (χ0v) is 22.5. The summed E-state index contributed by atoms with van der Waals surface area (Å²) in [5, 5.41) is 30.3. The van der Waals surface area contributed by atoms with Crippen LogP contribution in [0.5, 0.6) is 0 Å². The summed E-state index contributed by atoms with van der Waals surface area (Å²) in [5.41, 5.74) is 1.04. The van der Waals surface area contributed by atoms with Gasteiger partial charge in [0.2, 0.25) is 5.69 Å². The highest BCUT2D eigenvalue weighted by molar-refractivity contribution is 5.97. The Labute approximate surface area is 239 Å². The van der Waals surface area contributed by atoms with Crippen LogP contribution < -0.4 is 24.8 Å². The first kappa shape index (κ1) is 35.7. The van der Waals surface area contributed by atoms with Crippen LogP contribution in [0, 0.1) is 5.41 Å². The minimum absolute atomic E-state index is 0.0850. The summed E-state index contributed by atoms with van der Waals surface area (Å²) >= 11 is 0. The Hall–Kier alpha value is -3.54. The Morgan fingerprint density at radius 1 is 0.953 bits per heavy atom. The molecule has 0 aromatic carbocycles. The number of aromatic nitrogens is 2. The lowest BCUT2D eigenvalue weighted by Gasteiger charge is -2.27. The number of aliphatic hydroxyl groups is 1. The molecule has 4 N–H and O–H groups in total. The number of aromatic amines is 1. The smallest absolute Gasteiger partial charge is 0.430 e. The van der Waals surface area contributed by atoms with Gasteiger partial charge in [0.1, 0.15) is 11.9 Å². The van der Waals surface area contributed by atoms with E-state index in [9.17, 15) is 45.0 Å². The van der Waals surface area contributed by atoms with Gasteiger partial charge in [0, 0.05) is 12.0 Å². The maximum absolute atomic E-state index is 13.5. The van der Waals surface area contributed by atoms with Gasteiger partial charge in [-0.15, -0.1) is 0 Å². The van der Waals surface area contributed by atoms with E-state index in [0.29, 0.717) is 31.9 Å². The van der Waals surface area contributed by atoms with Crippen LogP contribution in [-0.2, 0) is 16.1 Å². The number of hydrogen-bond acceptors (Lipinski definition) is 6. The van der Waals surface area contributed by atoms with E-state index in [1.54, 1.807) is 0 Å². The zero-order chi connectivity index (χ0) is 32.6. The van der Waals surface area contributed by atoms with Gasteiger partial charge < -0.3 is 35.1 Å². The number of H-pyrrole nitrogens is 1. The number of likely N-dealkylation sites (tertiary alicyclic amines) is 1. The van der Waals surface area contributed by atoms with Crippen LogP contribution in [0.3, 0.4) is 0 Å². The number of hydrogen-bond donors (Lipinski definition) is 4. The van der Waals surface area contributed by atoms with Gasteiger partial charge >= 0.3 is 18.2 Å². The van der Waals surface area contributed by atoms with Gasteiger partial charge in [-0.25, -0.2) is 13.8 Å². The van der Waals surface area contributed by atoms with Crippen molar-refractivity contribution in [3.63, 3.8) is 0 Å². The summed E-state index contributed by atoms with van der Waals surface area (Å²) in [6, 6.07) is 5.65. The van der Waals surface area contributed by atoms with Crippen LogP contribution in [0.25, 0.3) is 5.52 Å². The first-order valence-electron chi connectivity index (χ1n) is 13.0. The van der Waals surface area contributed by atoms with Gasteiger partial charge in [-0.2, -0.15) is 30.7 Å². The number of piperidine rings is 1. The van der Waals surface area contributed by atoms with Crippen LogP contribution in [0.4, 0.5) is 35.1 Å². The van der Waals surface area contributed by atoms with Gasteiger partial charge in [-0.3, -0.25) is 4.79 Å². The van der Waals surface area contributed by atoms with Crippen molar-refractivity contribution in [3.05, 3.63) is 35.9 Å². The highest BCUT2D eigenvalue weighted by Crippen LogP contribution is 2.37. The number of fused-ring (bicyclic) bond motifs is 1. The highest BCUT2D eigenvalue weighted by Gasteiger charge is 2.38. The molecular formula is C25H30F8N4O6. The van der Waals surface area contributed by atoms with Crippen molar-refractivity contribution in [1.29, 1.82) is 0 Å². The van der Waals surface area contributed by atoms with Crippen LogP contribution in [-0.4, -0.2) is 72.5 Å². The molecule has 1 saturated carbocycles. The number of aliphatic carboxylic acids is 2. The minimum atomic E-state index is -5.19. The number of aliphatic hydroxyl groups excluding tert-OH is 1. The molecule has 1 aliphatic carbocycles. The second-order valence-corrected chi connectivity index (χ2v) is 10.3. The molecule has 242 valence electrons. The fourth-order valence-corrected chi connectivity index (χ4v) is 4.71. The molecule has 2 fully saturated rings. The van der Waals surface area contributed by atoms with Crippen molar-refractivity contribution < 1.29 is 74.1 Å². The third-order valence-electron chi connectivity index (χ3n) is 7.10. The number of rotatable bonds is 6. The lowest BCUT2D eigenvalue weighted by Crippen LogP contribution is -3.12. The Balaban J connectivity index is 0.000000384. The van der Waals surface area contributed by atoms with E-state index >= 15 is 0 Å². The van der Waals surface area contributed by atoms with Gasteiger partial charge in [-0.05, 0) is 25.0 Å². The predicted octanol–water partition coefficient (Wildman–Crippen LogP) is -0.553. The molecule has 4 rings (SSSR count). The number of carboxylic acids is 2. The predicted molar refractivity (Wildman–Crippen MR) is 125 cm³/mol. The number of quaternary nitrogens is 1. The molecule has 0 bridgehead atoms. The standard InChI is InChI=1S/C21H28F2N4O2.2C2HF3O2/c22-21(23)8-11-26(12-9-21)13-17-25-18(16-5-1-4-10-27(16)17)19(29)24-14-20(15-28)6-2-3-7-20;2*3-2(4,5)1(6)7/h1,4-5,10,28H,2-3,6-9,11-15H2,(H,24,29);2*(H,6,7). The van der Waals surface area contributed by atoms with E-state index < -0.39 is 30.2 Å². The largest absolute Gasteiger partial charge is 0.542 e. The number of amides is 1. The molecule has 3 heterocycles. The maximum Gasteiger partial charge on any atom is 0.430 e. The van der Waals surface area contributed by atoms with Crippen molar-refractivity contribution in [1.82, 2.24) is 10.3 Å². The fraction of sp³-hybridized carbons (Fsp3) is 0.600. The number of carboxylic acid groups (broad SMARTS) is 2. The lowest BCUT2D eigenvalue weighted by atomic mass is 9.87. The minimum Gasteiger partial charge on any atom is -0.542 e. The first-order chi connectivity index (χ1) is 19.8. The van der Waals surface area contributed by atoms with Crippen molar-refractivity contribution in [2.45, 2.75) is 63.3 Å². The van der Waals surface area contributed by atoms with Crippen LogP contribution >= 0.6 is 0 Å². The number of halogens is 8. The molecule has 1 saturated heterocycles. The normalized spacial score (nSPS) is 18.2. The van der Waals surface area contributed by atoms with E-state index in [1.165, 1.54) is 0 Å². The van der Waals surface area contributed by atoms with E-state index in [4.69, 9.17) is 19.8 Å². The topological polar surface area (TPSA) is 154 Å². The molecule has 10 nitrogen and oxygen atoms in total. The third kappa shape index (κ3) is 10.6. The molecule has 2 aromatic heterocycles. The maximum atomic E-state index is 13.5. The second kappa shape index (κ2) is 14.3. The Morgan fingerprint density at radius 2 is 1.47 bits per heavy atom. The van der Waals surface area contributed by atoms with E-state index in [1.807, 2.05) is 28.8 Å². The number of nitrogens with zero attached hydrogens (tertiary/aromatic N) is 1. The van der Waals surface area contributed by atoms with Gasteiger partial charge in [0.15, 0.2) is 12.1 Å². The quantitative estimate of drug-likeness (QED) is 0.247. The average Bonchev–Trinajstić information content (AvgIpc) is 3.54.